The number of fused-ring (bicyclic) bond motifs is 1. The first kappa shape index (κ1) is 23.0. The highest BCUT2D eigenvalue weighted by molar-refractivity contribution is 6.00. The van der Waals surface area contributed by atoms with Crippen molar-refractivity contribution in [2.45, 2.75) is 24.8 Å². The molecule has 34 heavy (non-hydrogen) atoms. The van der Waals surface area contributed by atoms with Crippen LogP contribution in [0.5, 0.6) is 0 Å². The largest absolute Gasteiger partial charge is 0.352 e. The van der Waals surface area contributed by atoms with E-state index >= 15 is 0 Å². The van der Waals surface area contributed by atoms with Crippen molar-refractivity contribution in [2.75, 3.05) is 19.6 Å². The van der Waals surface area contributed by atoms with Crippen LogP contribution in [0.4, 0.5) is 8.78 Å². The first-order valence-electron chi connectivity index (χ1n) is 10.7. The molecule has 1 fully saturated rings. The minimum absolute atomic E-state index is 0.101. The van der Waals surface area contributed by atoms with E-state index in [4.69, 9.17) is 5.26 Å². The molecule has 0 spiro atoms. The number of rotatable bonds is 5. The van der Waals surface area contributed by atoms with Crippen molar-refractivity contribution in [3.8, 4) is 6.07 Å². The number of pyridine rings is 1. The number of halogens is 2. The second kappa shape index (κ2) is 9.39. The number of hydrogen-bond acceptors (Lipinski definition) is 5. The minimum Gasteiger partial charge on any atom is -0.352 e. The maximum absolute atomic E-state index is 13.6. The van der Waals surface area contributed by atoms with Gasteiger partial charge in [-0.15, -0.1) is 0 Å². The predicted molar refractivity (Wildman–Crippen MR) is 119 cm³/mol. The number of hydrogen-bond donors (Lipinski definition) is 2. The first-order chi connectivity index (χ1) is 16.3. The van der Waals surface area contributed by atoms with Gasteiger partial charge < -0.3 is 15.5 Å². The molecule has 4 rings (SSSR count). The molecule has 2 aliphatic rings. The summed E-state index contributed by atoms with van der Waals surface area (Å²) in [6, 6.07) is 7.43. The number of nitriles is 1. The number of nitrogens with zero attached hydrogens (tertiary/aromatic N) is 3. The van der Waals surface area contributed by atoms with Crippen LogP contribution in [-0.2, 0) is 11.2 Å². The molecule has 2 aliphatic heterocycles. The topological polar surface area (TPSA) is 115 Å². The number of benzene rings is 1. The fourth-order valence-electron chi connectivity index (χ4n) is 4.03. The molecule has 0 saturated carbocycles. The first-order valence-corrected chi connectivity index (χ1v) is 10.7. The quantitative estimate of drug-likeness (QED) is 0.701. The van der Waals surface area contributed by atoms with Crippen LogP contribution in [0.15, 0.2) is 36.7 Å². The number of carbonyl (C=O) groups excluding carboxylic acids is 3. The number of amides is 3. The molecular formula is C24H21F2N5O3. The molecular weight excluding hydrogens is 444 g/mol. The van der Waals surface area contributed by atoms with E-state index in [0.29, 0.717) is 17.7 Å². The molecule has 8 nitrogen and oxygen atoms in total. The zero-order valence-corrected chi connectivity index (χ0v) is 18.1. The normalized spacial score (nSPS) is 18.8. The lowest BCUT2D eigenvalue weighted by Crippen LogP contribution is -2.43. The van der Waals surface area contributed by atoms with Crippen LogP contribution < -0.4 is 10.6 Å². The lowest BCUT2D eigenvalue weighted by atomic mass is 9.97. The SMILES string of the molecule is N#CC1CC(F)(F)CN1C(=O)CNC(=O)c1ccncc1/C=C/c1ccc2c(c1)CCNC2=O. The summed E-state index contributed by atoms with van der Waals surface area (Å²) < 4.78 is 27.2. The molecule has 0 aliphatic carbocycles. The van der Waals surface area contributed by atoms with Crippen LogP contribution in [0.2, 0.25) is 0 Å². The van der Waals surface area contributed by atoms with Crippen molar-refractivity contribution in [3.63, 3.8) is 0 Å². The summed E-state index contributed by atoms with van der Waals surface area (Å²) in [5, 5.41) is 14.3. The third kappa shape index (κ3) is 4.93. The monoisotopic (exact) mass is 465 g/mol. The second-order valence-corrected chi connectivity index (χ2v) is 8.13. The van der Waals surface area contributed by atoms with E-state index < -0.39 is 43.3 Å². The maximum Gasteiger partial charge on any atom is 0.268 e. The lowest BCUT2D eigenvalue weighted by Gasteiger charge is -2.19. The van der Waals surface area contributed by atoms with Gasteiger partial charge in [-0.1, -0.05) is 24.3 Å². The van der Waals surface area contributed by atoms with E-state index in [1.165, 1.54) is 18.5 Å². The summed E-state index contributed by atoms with van der Waals surface area (Å²) in [6.45, 7) is -0.772. The summed E-state index contributed by atoms with van der Waals surface area (Å²) in [7, 11) is 0. The summed E-state index contributed by atoms with van der Waals surface area (Å²) in [4.78, 5) is 41.8. The Kier molecular flexibility index (Phi) is 6.36. The van der Waals surface area contributed by atoms with E-state index in [0.717, 1.165) is 22.4 Å². The average Bonchev–Trinajstić information content (AvgIpc) is 3.16. The van der Waals surface area contributed by atoms with Gasteiger partial charge in [-0.2, -0.15) is 5.26 Å². The Morgan fingerprint density at radius 2 is 2.15 bits per heavy atom. The molecule has 3 heterocycles. The van der Waals surface area contributed by atoms with Gasteiger partial charge in [0.05, 0.1) is 19.2 Å². The minimum atomic E-state index is -3.12. The summed E-state index contributed by atoms with van der Waals surface area (Å²) in [5.41, 5.74) is 3.17. The van der Waals surface area contributed by atoms with Crippen molar-refractivity contribution < 1.29 is 23.2 Å². The number of aromatic nitrogens is 1. The molecule has 1 aromatic carbocycles. The van der Waals surface area contributed by atoms with Gasteiger partial charge in [-0.3, -0.25) is 19.4 Å². The summed E-state index contributed by atoms with van der Waals surface area (Å²) in [5.74, 6) is -4.54. The molecule has 0 bridgehead atoms. The highest BCUT2D eigenvalue weighted by Gasteiger charge is 2.47. The molecule has 1 atom stereocenters. The zero-order valence-electron chi connectivity index (χ0n) is 18.1. The Labute approximate surface area is 194 Å². The summed E-state index contributed by atoms with van der Waals surface area (Å²) in [6.07, 6.45) is 6.42. The van der Waals surface area contributed by atoms with Crippen molar-refractivity contribution in [2.24, 2.45) is 0 Å². The Morgan fingerprint density at radius 1 is 1.32 bits per heavy atom. The van der Waals surface area contributed by atoms with E-state index in [1.807, 2.05) is 6.07 Å². The van der Waals surface area contributed by atoms with Crippen LogP contribution in [0, 0.1) is 11.3 Å². The van der Waals surface area contributed by atoms with Crippen molar-refractivity contribution in [3.05, 3.63) is 64.5 Å². The van der Waals surface area contributed by atoms with E-state index in [1.54, 1.807) is 30.4 Å². The van der Waals surface area contributed by atoms with E-state index in [-0.39, 0.29) is 11.5 Å². The third-order valence-electron chi connectivity index (χ3n) is 5.75. The van der Waals surface area contributed by atoms with E-state index in [2.05, 4.69) is 15.6 Å². The van der Waals surface area contributed by atoms with E-state index in [9.17, 15) is 23.2 Å². The van der Waals surface area contributed by atoms with Crippen LogP contribution in [0.3, 0.4) is 0 Å². The standard InChI is InChI=1S/C24H21F2N5O3/c25-24(26)10-18(11-27)31(14-24)21(32)13-30-23(34)20-6-7-28-12-17(20)3-1-15-2-4-19-16(9-15)5-8-29-22(19)33/h1-4,6-7,9,12,18H,5,8,10,13-14H2,(H,29,33)(H,30,34)/b3-1+. The Hall–Kier alpha value is -4.13. The Bertz CT molecular complexity index is 1220. The fourth-order valence-corrected chi connectivity index (χ4v) is 4.03. The number of alkyl halides is 2. The van der Waals surface area contributed by atoms with Gasteiger partial charge in [-0.05, 0) is 29.7 Å². The molecule has 0 radical (unpaired) electrons. The molecule has 2 aromatic rings. The van der Waals surface area contributed by atoms with Gasteiger partial charge in [0.2, 0.25) is 5.91 Å². The average molecular weight is 465 g/mol. The van der Waals surface area contributed by atoms with Gasteiger partial charge >= 0.3 is 0 Å². The highest BCUT2D eigenvalue weighted by Crippen LogP contribution is 2.31. The summed E-state index contributed by atoms with van der Waals surface area (Å²) >= 11 is 0. The second-order valence-electron chi connectivity index (χ2n) is 8.13. The molecule has 10 heteroatoms. The van der Waals surface area contributed by atoms with Crippen LogP contribution >= 0.6 is 0 Å². The zero-order chi connectivity index (χ0) is 24.3. The molecule has 174 valence electrons. The number of likely N-dealkylation sites (tertiary alicyclic amines) is 1. The molecule has 3 amide bonds. The van der Waals surface area contributed by atoms with Gasteiger partial charge in [-0.25, -0.2) is 8.78 Å². The van der Waals surface area contributed by atoms with Crippen LogP contribution in [-0.4, -0.2) is 59.2 Å². The lowest BCUT2D eigenvalue weighted by molar-refractivity contribution is -0.131. The molecule has 1 unspecified atom stereocenters. The smallest absolute Gasteiger partial charge is 0.268 e. The van der Waals surface area contributed by atoms with Crippen molar-refractivity contribution >= 4 is 29.9 Å². The van der Waals surface area contributed by atoms with Crippen LogP contribution in [0.25, 0.3) is 12.2 Å². The predicted octanol–water partition coefficient (Wildman–Crippen LogP) is 2.03. The highest BCUT2D eigenvalue weighted by atomic mass is 19.3. The van der Waals surface area contributed by atoms with Crippen LogP contribution in [0.1, 0.15) is 43.8 Å². The number of nitrogens with one attached hydrogen (secondary N) is 2. The molecule has 1 saturated heterocycles. The molecule has 2 N–H and O–H groups in total. The van der Waals surface area contributed by atoms with Gasteiger partial charge in [0.25, 0.3) is 17.7 Å². The van der Waals surface area contributed by atoms with Gasteiger partial charge in [0, 0.05) is 42.0 Å². The molecule has 1 aromatic heterocycles. The Balaban J connectivity index is 1.44. The third-order valence-corrected chi connectivity index (χ3v) is 5.75. The van der Waals surface area contributed by atoms with Gasteiger partial charge in [0.15, 0.2) is 0 Å². The van der Waals surface area contributed by atoms with Crippen molar-refractivity contribution in [1.82, 2.24) is 20.5 Å². The Morgan fingerprint density at radius 3 is 2.94 bits per heavy atom. The van der Waals surface area contributed by atoms with Gasteiger partial charge in [0.1, 0.15) is 6.04 Å². The number of carbonyl (C=O) groups is 3. The fraction of sp³-hybridized carbons (Fsp3) is 0.292. The van der Waals surface area contributed by atoms with Crippen molar-refractivity contribution in [1.29, 1.82) is 5.26 Å². The maximum atomic E-state index is 13.6.